The number of amides is 3. The molecule has 1 saturated carbocycles. The first-order chi connectivity index (χ1) is 18.1. The molecule has 202 valence electrons. The van der Waals surface area contributed by atoms with Gasteiger partial charge in [-0.3, -0.25) is 4.79 Å². The zero-order valence-corrected chi connectivity index (χ0v) is 23.8. The molecule has 38 heavy (non-hydrogen) atoms. The Morgan fingerprint density at radius 2 is 1.61 bits per heavy atom. The molecule has 0 saturated heterocycles. The Morgan fingerprint density at radius 3 is 2.13 bits per heavy atom. The summed E-state index contributed by atoms with van der Waals surface area (Å²) in [6.07, 6.45) is 1.79. The normalized spacial score (nSPS) is 13.2. The Morgan fingerprint density at radius 1 is 0.974 bits per heavy atom. The number of halogens is 1. The molecule has 0 unspecified atom stereocenters. The minimum atomic E-state index is -0.306. The number of carbonyl (C=O) groups is 2. The predicted octanol–water partition coefficient (Wildman–Crippen LogP) is 7.67. The Hall–Kier alpha value is -3.19. The molecule has 1 heterocycles. The summed E-state index contributed by atoms with van der Waals surface area (Å²) < 4.78 is 13.5. The molecule has 5 nitrogen and oxygen atoms in total. The lowest BCUT2D eigenvalue weighted by Crippen LogP contribution is -2.45. The van der Waals surface area contributed by atoms with E-state index in [2.05, 4.69) is 45.1 Å². The van der Waals surface area contributed by atoms with Crippen LogP contribution in [-0.4, -0.2) is 34.3 Å². The second-order valence-electron chi connectivity index (χ2n) is 10.8. The van der Waals surface area contributed by atoms with Gasteiger partial charge in [0.05, 0.1) is 6.54 Å². The van der Waals surface area contributed by atoms with Crippen LogP contribution in [0.3, 0.4) is 0 Å². The number of carbonyl (C=O) groups excluding carboxylic acids is 2. The van der Waals surface area contributed by atoms with Crippen molar-refractivity contribution in [3.05, 3.63) is 86.9 Å². The Balaban J connectivity index is 1.56. The number of hydrogen-bond acceptors (Lipinski definition) is 3. The van der Waals surface area contributed by atoms with Crippen LogP contribution in [-0.2, 0) is 17.9 Å². The number of thiophene rings is 1. The highest BCUT2D eigenvalue weighted by atomic mass is 32.1. The van der Waals surface area contributed by atoms with E-state index in [1.54, 1.807) is 33.3 Å². The quantitative estimate of drug-likeness (QED) is 0.290. The van der Waals surface area contributed by atoms with Gasteiger partial charge in [0.25, 0.3) is 0 Å². The Kier molecular flexibility index (Phi) is 8.87. The summed E-state index contributed by atoms with van der Waals surface area (Å²) in [7, 11) is 0. The highest BCUT2D eigenvalue weighted by molar-refractivity contribution is 7.10. The smallest absolute Gasteiger partial charge is 0.322 e. The van der Waals surface area contributed by atoms with Crippen molar-refractivity contribution in [2.75, 3.05) is 11.9 Å². The molecule has 0 aliphatic heterocycles. The third kappa shape index (κ3) is 6.81. The molecule has 7 heteroatoms. The van der Waals surface area contributed by atoms with Crippen molar-refractivity contribution in [1.82, 2.24) is 9.80 Å². The van der Waals surface area contributed by atoms with Gasteiger partial charge in [0.2, 0.25) is 5.91 Å². The van der Waals surface area contributed by atoms with Crippen molar-refractivity contribution >= 4 is 29.0 Å². The fourth-order valence-electron chi connectivity index (χ4n) is 4.65. The largest absolute Gasteiger partial charge is 0.332 e. The molecule has 1 aromatic heterocycles. The lowest BCUT2D eigenvalue weighted by atomic mass is 9.93. The molecule has 0 radical (unpaired) electrons. The van der Waals surface area contributed by atoms with Crippen LogP contribution < -0.4 is 5.32 Å². The van der Waals surface area contributed by atoms with E-state index in [0.29, 0.717) is 13.1 Å². The molecule has 1 N–H and O–H groups in total. The van der Waals surface area contributed by atoms with Crippen LogP contribution in [0.1, 0.15) is 79.5 Å². The molecule has 4 rings (SSSR count). The highest BCUT2D eigenvalue weighted by Gasteiger charge is 2.35. The van der Waals surface area contributed by atoms with Gasteiger partial charge >= 0.3 is 6.03 Å². The number of anilines is 1. The molecule has 0 bridgehead atoms. The number of nitrogens with zero attached hydrogens (tertiary/aromatic N) is 2. The van der Waals surface area contributed by atoms with Gasteiger partial charge in [0.15, 0.2) is 0 Å². The van der Waals surface area contributed by atoms with E-state index in [9.17, 15) is 14.0 Å². The third-order valence-electron chi connectivity index (χ3n) is 7.10. The monoisotopic (exact) mass is 535 g/mol. The number of nitrogens with one attached hydrogen (secondary N) is 1. The van der Waals surface area contributed by atoms with Crippen LogP contribution in [0.4, 0.5) is 14.9 Å². The Bertz CT molecular complexity index is 1240. The minimum absolute atomic E-state index is 0.00295. The zero-order valence-electron chi connectivity index (χ0n) is 23.0. The SMILES string of the molecule is Cc1ccsc1CN(Cc1ccc(F)cc1)C(=O)CN(C(=O)Nc1c(C(C)C)cccc1C(C)C)C1CC1. The summed E-state index contributed by atoms with van der Waals surface area (Å²) in [5.74, 6) is 0.0747. The van der Waals surface area contributed by atoms with Gasteiger partial charge in [-0.15, -0.1) is 11.3 Å². The van der Waals surface area contributed by atoms with E-state index in [1.165, 1.54) is 12.1 Å². The second kappa shape index (κ2) is 12.1. The van der Waals surface area contributed by atoms with Crippen molar-refractivity contribution in [1.29, 1.82) is 0 Å². The van der Waals surface area contributed by atoms with Crippen molar-refractivity contribution in [3.63, 3.8) is 0 Å². The summed E-state index contributed by atoms with van der Waals surface area (Å²) in [6.45, 7) is 11.3. The summed E-state index contributed by atoms with van der Waals surface area (Å²) >= 11 is 1.62. The van der Waals surface area contributed by atoms with E-state index in [4.69, 9.17) is 0 Å². The molecule has 1 aliphatic carbocycles. The lowest BCUT2D eigenvalue weighted by Gasteiger charge is -2.29. The fraction of sp³-hybridized carbons (Fsp3) is 0.419. The average molecular weight is 536 g/mol. The molecular weight excluding hydrogens is 497 g/mol. The van der Waals surface area contributed by atoms with Gasteiger partial charge < -0.3 is 15.1 Å². The first-order valence-corrected chi connectivity index (χ1v) is 14.3. The van der Waals surface area contributed by atoms with Gasteiger partial charge in [-0.2, -0.15) is 0 Å². The number of urea groups is 1. The molecule has 3 aromatic rings. The van der Waals surface area contributed by atoms with Gasteiger partial charge in [0, 0.05) is 23.2 Å². The summed E-state index contributed by atoms with van der Waals surface area (Å²) in [6, 6.07) is 14.3. The first-order valence-electron chi connectivity index (χ1n) is 13.4. The lowest BCUT2D eigenvalue weighted by molar-refractivity contribution is -0.133. The van der Waals surface area contributed by atoms with Crippen LogP contribution >= 0.6 is 11.3 Å². The van der Waals surface area contributed by atoms with Gasteiger partial charge in [-0.25, -0.2) is 9.18 Å². The molecule has 2 aromatic carbocycles. The summed E-state index contributed by atoms with van der Waals surface area (Å²) in [5, 5.41) is 5.22. The van der Waals surface area contributed by atoms with Gasteiger partial charge in [0.1, 0.15) is 12.4 Å². The van der Waals surface area contributed by atoms with Crippen LogP contribution in [0.2, 0.25) is 0 Å². The Labute approximate surface area is 229 Å². The van der Waals surface area contributed by atoms with Crippen molar-refractivity contribution < 1.29 is 14.0 Å². The maximum atomic E-state index is 13.7. The second-order valence-corrected chi connectivity index (χ2v) is 11.8. The number of aryl methyl sites for hydroxylation is 1. The minimum Gasteiger partial charge on any atom is -0.332 e. The van der Waals surface area contributed by atoms with E-state index in [0.717, 1.165) is 45.7 Å². The maximum Gasteiger partial charge on any atom is 0.322 e. The van der Waals surface area contributed by atoms with Crippen LogP contribution in [0.25, 0.3) is 0 Å². The number of rotatable bonds is 10. The van der Waals surface area contributed by atoms with E-state index in [1.807, 2.05) is 24.4 Å². The van der Waals surface area contributed by atoms with Crippen molar-refractivity contribution in [2.45, 2.75) is 78.4 Å². The van der Waals surface area contributed by atoms with Crippen molar-refractivity contribution in [2.24, 2.45) is 0 Å². The third-order valence-corrected chi connectivity index (χ3v) is 8.11. The number of para-hydroxylation sites is 1. The van der Waals surface area contributed by atoms with E-state index in [-0.39, 0.29) is 42.2 Å². The standard InChI is InChI=1S/C31H38FN3O2S/c1-20(2)26-7-6-8-27(21(3)4)30(26)33-31(37)35(25-13-14-25)19-29(36)34(18-28-22(5)15-16-38-28)17-23-9-11-24(32)12-10-23/h6-12,15-16,20-21,25H,13-14,17-19H2,1-5H3,(H,33,37). The topological polar surface area (TPSA) is 52.7 Å². The fourth-order valence-corrected chi connectivity index (χ4v) is 5.58. The molecule has 3 amide bonds. The summed E-state index contributed by atoms with van der Waals surface area (Å²) in [4.78, 5) is 32.0. The molecule has 0 atom stereocenters. The zero-order chi connectivity index (χ0) is 27.4. The highest BCUT2D eigenvalue weighted by Crippen LogP contribution is 2.34. The average Bonchev–Trinajstić information content (AvgIpc) is 3.64. The number of hydrogen-bond donors (Lipinski definition) is 1. The summed E-state index contributed by atoms with van der Waals surface area (Å²) in [5.41, 5.74) is 5.03. The van der Waals surface area contributed by atoms with Gasteiger partial charge in [-0.1, -0.05) is 58.0 Å². The van der Waals surface area contributed by atoms with Gasteiger partial charge in [-0.05, 0) is 77.4 Å². The van der Waals surface area contributed by atoms with Crippen LogP contribution in [0.15, 0.2) is 53.9 Å². The molecule has 1 aliphatic rings. The maximum absolute atomic E-state index is 13.7. The predicted molar refractivity (Wildman–Crippen MR) is 153 cm³/mol. The van der Waals surface area contributed by atoms with E-state index >= 15 is 0 Å². The molecule has 1 fully saturated rings. The first kappa shape index (κ1) is 27.8. The number of benzene rings is 2. The molecule has 0 spiro atoms. The van der Waals surface area contributed by atoms with Crippen LogP contribution in [0, 0.1) is 12.7 Å². The molecular formula is C31H38FN3O2S. The van der Waals surface area contributed by atoms with Crippen LogP contribution in [0.5, 0.6) is 0 Å². The van der Waals surface area contributed by atoms with E-state index < -0.39 is 0 Å². The van der Waals surface area contributed by atoms with Crippen molar-refractivity contribution in [3.8, 4) is 0 Å².